The molecule has 1 fully saturated rings. The number of nitrogens with zero attached hydrogens (tertiary/aromatic N) is 3. The highest BCUT2D eigenvalue weighted by Crippen LogP contribution is 2.16. The van der Waals surface area contributed by atoms with Gasteiger partial charge < -0.3 is 9.80 Å². The van der Waals surface area contributed by atoms with E-state index in [-0.39, 0.29) is 6.03 Å². The lowest BCUT2D eigenvalue weighted by atomic mass is 10.2. The third kappa shape index (κ3) is 1.88. The lowest BCUT2D eigenvalue weighted by Gasteiger charge is -2.32. The van der Waals surface area contributed by atoms with E-state index in [1.807, 2.05) is 41.4 Å². The summed E-state index contributed by atoms with van der Waals surface area (Å²) in [5.41, 5.74) is 0.987. The third-order valence-electron chi connectivity index (χ3n) is 3.58. The minimum Gasteiger partial charge on any atom is -0.321 e. The van der Waals surface area contributed by atoms with E-state index in [1.54, 1.807) is 4.57 Å². The summed E-state index contributed by atoms with van der Waals surface area (Å²) < 4.78 is 1.75. The van der Waals surface area contributed by atoms with Gasteiger partial charge in [-0.05, 0) is 19.2 Å². The highest BCUT2D eigenvalue weighted by atomic mass is 16.2. The third-order valence-corrected chi connectivity index (χ3v) is 3.58. The Morgan fingerprint density at radius 3 is 2.56 bits per heavy atom. The molecular formula is C14H17N3O. The predicted molar refractivity (Wildman–Crippen MR) is 71.8 cm³/mol. The average molecular weight is 243 g/mol. The first kappa shape index (κ1) is 11.3. The SMILES string of the molecule is CN1CCN(C(=O)n2ccc3ccccc32)CC1. The molecule has 1 aliphatic rings. The molecule has 0 atom stereocenters. The maximum atomic E-state index is 12.5. The van der Waals surface area contributed by atoms with Crippen molar-refractivity contribution in [2.45, 2.75) is 0 Å². The molecule has 0 spiro atoms. The zero-order valence-electron chi connectivity index (χ0n) is 10.5. The van der Waals surface area contributed by atoms with Crippen LogP contribution in [0.1, 0.15) is 0 Å². The molecule has 0 radical (unpaired) electrons. The molecule has 1 aliphatic heterocycles. The number of piperazine rings is 1. The van der Waals surface area contributed by atoms with E-state index in [0.717, 1.165) is 37.1 Å². The first-order valence-corrected chi connectivity index (χ1v) is 6.29. The van der Waals surface area contributed by atoms with Crippen LogP contribution in [0.25, 0.3) is 10.9 Å². The van der Waals surface area contributed by atoms with E-state index in [4.69, 9.17) is 0 Å². The first-order valence-electron chi connectivity index (χ1n) is 6.29. The van der Waals surface area contributed by atoms with Crippen LogP contribution in [-0.2, 0) is 0 Å². The minimum absolute atomic E-state index is 0.0873. The summed E-state index contributed by atoms with van der Waals surface area (Å²) >= 11 is 0. The molecule has 0 N–H and O–H groups in total. The molecule has 1 aromatic heterocycles. The maximum Gasteiger partial charge on any atom is 0.328 e. The van der Waals surface area contributed by atoms with Gasteiger partial charge in [0.2, 0.25) is 0 Å². The van der Waals surface area contributed by atoms with Crippen LogP contribution in [0.15, 0.2) is 36.5 Å². The zero-order chi connectivity index (χ0) is 12.5. The van der Waals surface area contributed by atoms with Crippen molar-refractivity contribution in [2.24, 2.45) is 0 Å². The van der Waals surface area contributed by atoms with Crippen molar-refractivity contribution < 1.29 is 4.79 Å². The van der Waals surface area contributed by atoms with Crippen LogP contribution in [0.5, 0.6) is 0 Å². The summed E-state index contributed by atoms with van der Waals surface area (Å²) in [6, 6.07) is 10.1. The van der Waals surface area contributed by atoms with Gasteiger partial charge in [-0.1, -0.05) is 18.2 Å². The monoisotopic (exact) mass is 243 g/mol. The number of hydrogen-bond acceptors (Lipinski definition) is 2. The number of fused-ring (bicyclic) bond motifs is 1. The molecule has 18 heavy (non-hydrogen) atoms. The Bertz CT molecular complexity index is 567. The van der Waals surface area contributed by atoms with Gasteiger partial charge in [-0.2, -0.15) is 0 Å². The van der Waals surface area contributed by atoms with Crippen molar-refractivity contribution >= 4 is 16.9 Å². The van der Waals surface area contributed by atoms with Crippen LogP contribution in [0.3, 0.4) is 0 Å². The first-order chi connectivity index (χ1) is 8.75. The molecule has 1 saturated heterocycles. The molecule has 1 aromatic carbocycles. The van der Waals surface area contributed by atoms with Crippen molar-refractivity contribution in [1.82, 2.24) is 14.4 Å². The van der Waals surface area contributed by atoms with E-state index in [2.05, 4.69) is 11.9 Å². The number of rotatable bonds is 0. The summed E-state index contributed by atoms with van der Waals surface area (Å²) in [4.78, 5) is 16.6. The molecule has 0 unspecified atom stereocenters. The summed E-state index contributed by atoms with van der Waals surface area (Å²) in [6.45, 7) is 3.51. The van der Waals surface area contributed by atoms with Crippen LogP contribution in [0.4, 0.5) is 4.79 Å². The molecular weight excluding hydrogens is 226 g/mol. The van der Waals surface area contributed by atoms with Gasteiger partial charge in [-0.3, -0.25) is 4.57 Å². The fraction of sp³-hybridized carbons (Fsp3) is 0.357. The van der Waals surface area contributed by atoms with Crippen LogP contribution in [0, 0.1) is 0 Å². The van der Waals surface area contributed by atoms with Crippen molar-refractivity contribution in [3.63, 3.8) is 0 Å². The van der Waals surface area contributed by atoms with E-state index in [9.17, 15) is 4.79 Å². The summed E-state index contributed by atoms with van der Waals surface area (Å²) in [7, 11) is 2.09. The highest BCUT2D eigenvalue weighted by molar-refractivity contribution is 5.91. The normalized spacial score (nSPS) is 17.3. The molecule has 0 saturated carbocycles. The van der Waals surface area contributed by atoms with Gasteiger partial charge in [-0.25, -0.2) is 4.79 Å². The van der Waals surface area contributed by atoms with Gasteiger partial charge in [0.15, 0.2) is 0 Å². The smallest absolute Gasteiger partial charge is 0.321 e. The molecule has 4 heteroatoms. The number of hydrogen-bond donors (Lipinski definition) is 0. The minimum atomic E-state index is 0.0873. The van der Waals surface area contributed by atoms with Crippen molar-refractivity contribution in [1.29, 1.82) is 0 Å². The second-order valence-corrected chi connectivity index (χ2v) is 4.82. The Labute approximate surface area is 106 Å². The summed E-state index contributed by atoms with van der Waals surface area (Å²) in [6.07, 6.45) is 1.87. The Balaban J connectivity index is 1.88. The predicted octanol–water partition coefficient (Wildman–Crippen LogP) is 1.86. The average Bonchev–Trinajstić information content (AvgIpc) is 2.82. The lowest BCUT2D eigenvalue weighted by molar-refractivity contribution is 0.156. The van der Waals surface area contributed by atoms with Crippen LogP contribution in [-0.4, -0.2) is 53.6 Å². The van der Waals surface area contributed by atoms with E-state index in [0.29, 0.717) is 0 Å². The largest absolute Gasteiger partial charge is 0.328 e. The molecule has 2 heterocycles. The summed E-state index contributed by atoms with van der Waals surface area (Å²) in [5.74, 6) is 0. The zero-order valence-corrected chi connectivity index (χ0v) is 10.5. The molecule has 0 bridgehead atoms. The summed E-state index contributed by atoms with van der Waals surface area (Å²) in [5, 5.41) is 1.11. The second-order valence-electron chi connectivity index (χ2n) is 4.82. The van der Waals surface area contributed by atoms with Gasteiger partial charge in [0.1, 0.15) is 0 Å². The number of amides is 1. The quantitative estimate of drug-likeness (QED) is 0.706. The number of carbonyl (C=O) groups excluding carboxylic acids is 1. The number of carbonyl (C=O) groups is 1. The van der Waals surface area contributed by atoms with Gasteiger partial charge in [0.05, 0.1) is 5.52 Å². The van der Waals surface area contributed by atoms with E-state index < -0.39 is 0 Å². The van der Waals surface area contributed by atoms with E-state index >= 15 is 0 Å². The number of para-hydroxylation sites is 1. The Morgan fingerprint density at radius 1 is 1.06 bits per heavy atom. The van der Waals surface area contributed by atoms with Crippen LogP contribution >= 0.6 is 0 Å². The van der Waals surface area contributed by atoms with Gasteiger partial charge in [0.25, 0.3) is 0 Å². The topological polar surface area (TPSA) is 28.5 Å². The van der Waals surface area contributed by atoms with Crippen LogP contribution < -0.4 is 0 Å². The molecule has 2 aromatic rings. The molecule has 0 aliphatic carbocycles. The molecule has 94 valence electrons. The fourth-order valence-electron chi connectivity index (χ4n) is 2.40. The number of benzene rings is 1. The van der Waals surface area contributed by atoms with Crippen LogP contribution in [0.2, 0.25) is 0 Å². The maximum absolute atomic E-state index is 12.5. The second kappa shape index (κ2) is 4.46. The number of aromatic nitrogens is 1. The van der Waals surface area contributed by atoms with Gasteiger partial charge in [0, 0.05) is 37.8 Å². The lowest BCUT2D eigenvalue weighted by Crippen LogP contribution is -2.48. The van der Waals surface area contributed by atoms with Crippen molar-refractivity contribution in [2.75, 3.05) is 33.2 Å². The molecule has 1 amide bonds. The fourth-order valence-corrected chi connectivity index (χ4v) is 2.40. The van der Waals surface area contributed by atoms with Crippen molar-refractivity contribution in [3.8, 4) is 0 Å². The van der Waals surface area contributed by atoms with Crippen molar-refractivity contribution in [3.05, 3.63) is 36.5 Å². The standard InChI is InChI=1S/C14H17N3O/c1-15-8-10-16(11-9-15)14(18)17-7-6-12-4-2-3-5-13(12)17/h2-7H,8-11H2,1H3. The Kier molecular flexibility index (Phi) is 2.80. The number of likely N-dealkylation sites (N-methyl/N-ethyl adjacent to an activating group) is 1. The Hall–Kier alpha value is -1.81. The highest BCUT2D eigenvalue weighted by Gasteiger charge is 2.20. The molecule has 3 rings (SSSR count). The van der Waals surface area contributed by atoms with E-state index in [1.165, 1.54) is 0 Å². The molecule has 4 nitrogen and oxygen atoms in total. The van der Waals surface area contributed by atoms with Gasteiger partial charge >= 0.3 is 6.03 Å². The Morgan fingerprint density at radius 2 is 1.78 bits per heavy atom. The van der Waals surface area contributed by atoms with Gasteiger partial charge in [-0.15, -0.1) is 0 Å².